The van der Waals surface area contributed by atoms with Crippen LogP contribution in [0.3, 0.4) is 0 Å². The van der Waals surface area contributed by atoms with E-state index < -0.39 is 17.6 Å². The van der Waals surface area contributed by atoms with Crippen LogP contribution in [0.4, 0.5) is 13.2 Å². The Hall–Kier alpha value is -3.13. The molecule has 1 heterocycles. The summed E-state index contributed by atoms with van der Waals surface area (Å²) >= 11 is 0. The van der Waals surface area contributed by atoms with E-state index in [4.69, 9.17) is 0 Å². The molecular formula is C23H24F3N3O2. The van der Waals surface area contributed by atoms with Crippen molar-refractivity contribution in [2.45, 2.75) is 12.2 Å². The summed E-state index contributed by atoms with van der Waals surface area (Å²) in [6, 6.07) is 14.5. The maximum atomic E-state index is 12.6. The Morgan fingerprint density at radius 3 is 2.39 bits per heavy atom. The zero-order valence-corrected chi connectivity index (χ0v) is 17.1. The van der Waals surface area contributed by atoms with Crippen LogP contribution < -0.4 is 5.32 Å². The van der Waals surface area contributed by atoms with Crippen LogP contribution in [-0.2, 0) is 15.8 Å². The van der Waals surface area contributed by atoms with Gasteiger partial charge in [-0.3, -0.25) is 14.5 Å². The molecule has 2 aromatic rings. The molecule has 0 spiro atoms. The maximum absolute atomic E-state index is 12.6. The number of nitrogens with one attached hydrogen (secondary N) is 1. The third kappa shape index (κ3) is 6.18. The molecule has 3 rings (SSSR count). The summed E-state index contributed by atoms with van der Waals surface area (Å²) < 4.78 is 37.8. The Morgan fingerprint density at radius 1 is 1.06 bits per heavy atom. The van der Waals surface area contributed by atoms with Gasteiger partial charge in [0.1, 0.15) is 0 Å². The fourth-order valence-electron chi connectivity index (χ4n) is 3.42. The van der Waals surface area contributed by atoms with Crippen LogP contribution >= 0.6 is 0 Å². The third-order valence-electron chi connectivity index (χ3n) is 5.26. The van der Waals surface area contributed by atoms with Gasteiger partial charge in [0, 0.05) is 25.7 Å². The number of piperazine rings is 1. The Labute approximate surface area is 179 Å². The molecule has 2 aromatic carbocycles. The molecule has 31 heavy (non-hydrogen) atoms. The van der Waals surface area contributed by atoms with Crippen molar-refractivity contribution in [2.24, 2.45) is 0 Å². The van der Waals surface area contributed by atoms with E-state index in [9.17, 15) is 22.8 Å². The number of alkyl halides is 3. The van der Waals surface area contributed by atoms with Crippen molar-refractivity contribution in [3.05, 3.63) is 77.4 Å². The van der Waals surface area contributed by atoms with Gasteiger partial charge >= 0.3 is 6.18 Å². The van der Waals surface area contributed by atoms with Gasteiger partial charge in [-0.15, -0.1) is 0 Å². The molecular weight excluding hydrogens is 407 g/mol. The predicted molar refractivity (Wildman–Crippen MR) is 112 cm³/mol. The molecule has 0 saturated carbocycles. The van der Waals surface area contributed by atoms with E-state index >= 15 is 0 Å². The van der Waals surface area contributed by atoms with Crippen molar-refractivity contribution in [1.29, 1.82) is 0 Å². The molecule has 164 valence electrons. The fraction of sp³-hybridized carbons (Fsp3) is 0.304. The van der Waals surface area contributed by atoms with E-state index in [1.165, 1.54) is 24.3 Å². The van der Waals surface area contributed by atoms with Crippen LogP contribution in [-0.4, -0.2) is 54.8 Å². The van der Waals surface area contributed by atoms with E-state index in [0.29, 0.717) is 18.7 Å². The lowest BCUT2D eigenvalue weighted by Crippen LogP contribution is -2.51. The molecule has 0 bridgehead atoms. The van der Waals surface area contributed by atoms with Gasteiger partial charge in [-0.25, -0.2) is 0 Å². The summed E-state index contributed by atoms with van der Waals surface area (Å²) in [6.45, 7) is 1.71. The number of benzene rings is 2. The van der Waals surface area contributed by atoms with Crippen LogP contribution in [0, 0.1) is 0 Å². The Morgan fingerprint density at radius 2 is 1.74 bits per heavy atom. The summed E-state index contributed by atoms with van der Waals surface area (Å²) in [5.74, 6) is -0.660. The summed E-state index contributed by atoms with van der Waals surface area (Å²) in [7, 11) is 2.02. The van der Waals surface area contributed by atoms with Gasteiger partial charge in [0.15, 0.2) is 0 Å². The largest absolute Gasteiger partial charge is 0.416 e. The maximum Gasteiger partial charge on any atom is 0.416 e. The topological polar surface area (TPSA) is 52.6 Å². The molecule has 0 aliphatic carbocycles. The number of carbonyl (C=O) groups excluding carboxylic acids is 2. The summed E-state index contributed by atoms with van der Waals surface area (Å²) in [5, 5.41) is 2.54. The third-order valence-corrected chi connectivity index (χ3v) is 5.26. The SMILES string of the molecule is CN1CCN(C(=O)CNC(=O)/C=C/c2ccc(C(F)(F)F)cc2)CC1c1ccccc1. The van der Waals surface area contributed by atoms with E-state index in [0.717, 1.165) is 24.2 Å². The van der Waals surface area contributed by atoms with Gasteiger partial charge < -0.3 is 10.2 Å². The van der Waals surface area contributed by atoms with E-state index in [2.05, 4.69) is 10.2 Å². The molecule has 0 aromatic heterocycles. The number of halogens is 3. The van der Waals surface area contributed by atoms with Crippen molar-refractivity contribution in [1.82, 2.24) is 15.1 Å². The van der Waals surface area contributed by atoms with Crippen LogP contribution in [0.5, 0.6) is 0 Å². The van der Waals surface area contributed by atoms with Crippen LogP contribution in [0.2, 0.25) is 0 Å². The lowest BCUT2D eigenvalue weighted by Gasteiger charge is -2.39. The normalized spacial score (nSPS) is 17.7. The number of rotatable bonds is 5. The second-order valence-electron chi connectivity index (χ2n) is 7.42. The monoisotopic (exact) mass is 431 g/mol. The van der Waals surface area contributed by atoms with Gasteiger partial charge in [-0.2, -0.15) is 13.2 Å². The molecule has 1 unspecified atom stereocenters. The van der Waals surface area contributed by atoms with Crippen molar-refractivity contribution in [3.63, 3.8) is 0 Å². The van der Waals surface area contributed by atoms with Gasteiger partial charge in [0.05, 0.1) is 18.2 Å². The van der Waals surface area contributed by atoms with Gasteiger partial charge in [0.2, 0.25) is 11.8 Å². The highest BCUT2D eigenvalue weighted by Gasteiger charge is 2.30. The average Bonchev–Trinajstić information content (AvgIpc) is 2.76. The van der Waals surface area contributed by atoms with Crippen molar-refractivity contribution >= 4 is 17.9 Å². The second-order valence-corrected chi connectivity index (χ2v) is 7.42. The quantitative estimate of drug-likeness (QED) is 0.739. The number of amides is 2. The van der Waals surface area contributed by atoms with Gasteiger partial charge in [-0.1, -0.05) is 42.5 Å². The minimum atomic E-state index is -4.40. The van der Waals surface area contributed by atoms with Crippen molar-refractivity contribution in [3.8, 4) is 0 Å². The van der Waals surface area contributed by atoms with Gasteiger partial charge in [-0.05, 0) is 36.4 Å². The molecule has 1 atom stereocenters. The average molecular weight is 431 g/mol. The minimum Gasteiger partial charge on any atom is -0.343 e. The molecule has 0 radical (unpaired) electrons. The minimum absolute atomic E-state index is 0.0918. The number of hydrogen-bond donors (Lipinski definition) is 1. The summed E-state index contributed by atoms with van der Waals surface area (Å²) in [5.41, 5.74) is 0.839. The first kappa shape index (κ1) is 22.6. The first-order valence-corrected chi connectivity index (χ1v) is 9.90. The molecule has 1 aliphatic rings. The smallest absolute Gasteiger partial charge is 0.343 e. The number of hydrogen-bond acceptors (Lipinski definition) is 3. The summed E-state index contributed by atoms with van der Waals surface area (Å²) in [4.78, 5) is 28.5. The molecule has 1 aliphatic heterocycles. The van der Waals surface area contributed by atoms with Crippen molar-refractivity contribution < 1.29 is 22.8 Å². The molecule has 1 N–H and O–H groups in total. The zero-order valence-electron chi connectivity index (χ0n) is 17.1. The number of likely N-dealkylation sites (N-methyl/N-ethyl adjacent to an activating group) is 1. The summed E-state index contributed by atoms with van der Waals surface area (Å²) in [6.07, 6.45) is -1.79. The number of carbonyl (C=O) groups is 2. The zero-order chi connectivity index (χ0) is 22.4. The Bertz CT molecular complexity index is 927. The van der Waals surface area contributed by atoms with E-state index in [1.54, 1.807) is 4.90 Å². The highest BCUT2D eigenvalue weighted by atomic mass is 19.4. The molecule has 2 amide bonds. The lowest BCUT2D eigenvalue weighted by atomic mass is 10.0. The fourth-order valence-corrected chi connectivity index (χ4v) is 3.42. The van der Waals surface area contributed by atoms with Crippen molar-refractivity contribution in [2.75, 3.05) is 33.2 Å². The number of nitrogens with zero attached hydrogens (tertiary/aromatic N) is 2. The van der Waals surface area contributed by atoms with Crippen LogP contribution in [0.1, 0.15) is 22.7 Å². The predicted octanol–water partition coefficient (Wildman–Crippen LogP) is 3.35. The lowest BCUT2D eigenvalue weighted by molar-refractivity contribution is -0.137. The van der Waals surface area contributed by atoms with Gasteiger partial charge in [0.25, 0.3) is 0 Å². The highest BCUT2D eigenvalue weighted by molar-refractivity contribution is 5.94. The molecule has 8 heteroatoms. The molecule has 1 saturated heterocycles. The van der Waals surface area contributed by atoms with Crippen LogP contribution in [0.25, 0.3) is 6.08 Å². The molecule has 5 nitrogen and oxygen atoms in total. The van der Waals surface area contributed by atoms with E-state index in [-0.39, 0.29) is 18.5 Å². The Kier molecular flexibility index (Phi) is 7.12. The second kappa shape index (κ2) is 9.78. The Balaban J connectivity index is 1.50. The van der Waals surface area contributed by atoms with E-state index in [1.807, 2.05) is 37.4 Å². The highest BCUT2D eigenvalue weighted by Crippen LogP contribution is 2.29. The standard InChI is InChI=1S/C23H24F3N3O2/c1-28-13-14-29(16-20(28)18-5-3-2-4-6-18)22(31)15-27-21(30)12-9-17-7-10-19(11-8-17)23(24,25)26/h2-12,20H,13-16H2,1H3,(H,27,30)/b12-9+. The first-order valence-electron chi connectivity index (χ1n) is 9.90. The molecule has 1 fully saturated rings. The van der Waals surface area contributed by atoms with Crippen LogP contribution in [0.15, 0.2) is 60.7 Å². The first-order chi connectivity index (χ1) is 14.7.